The van der Waals surface area contributed by atoms with Crippen LogP contribution in [0.4, 0.5) is 10.7 Å². The van der Waals surface area contributed by atoms with Crippen molar-refractivity contribution in [3.63, 3.8) is 0 Å². The zero-order valence-corrected chi connectivity index (χ0v) is 18.0. The molecule has 1 aliphatic heterocycles. The van der Waals surface area contributed by atoms with Gasteiger partial charge in [0.1, 0.15) is 13.2 Å². The average molecular weight is 463 g/mol. The number of rotatable bonds is 7. The minimum atomic E-state index is -1.06. The number of ether oxygens (including phenoxy) is 2. The molecule has 3 aromatic rings. The Bertz CT molecular complexity index is 1200. The number of aromatic nitrogens is 1. The van der Waals surface area contributed by atoms with E-state index in [-0.39, 0.29) is 43.3 Å². The van der Waals surface area contributed by atoms with E-state index in [4.69, 9.17) is 19.1 Å². The minimum Gasteiger partial charge on any atom is -0.480 e. The van der Waals surface area contributed by atoms with Gasteiger partial charge in [-0.25, -0.2) is 9.59 Å². The first-order chi connectivity index (χ1) is 16.5. The lowest BCUT2D eigenvalue weighted by Crippen LogP contribution is -2.55. The van der Waals surface area contributed by atoms with Crippen LogP contribution in [0, 0.1) is 0 Å². The Labute approximate surface area is 194 Å². The van der Waals surface area contributed by atoms with Gasteiger partial charge in [-0.3, -0.25) is 10.1 Å². The molecule has 34 heavy (non-hydrogen) atoms. The molecule has 0 bridgehead atoms. The molecule has 2 aromatic carbocycles. The standard InChI is InChI=1S/C24H21N3O7/c28-22(29)13-32-14-10-27(11-14)23(30)20-9-21(34-26-20)25-24(31)33-12-19-17-7-3-1-5-15(17)16-6-2-4-8-18(16)19/h1-9,14,19H,10-13H2,(H,25,31)(H,28,29). The van der Waals surface area contributed by atoms with Gasteiger partial charge in [-0.05, 0) is 22.3 Å². The highest BCUT2D eigenvalue weighted by Gasteiger charge is 2.34. The average Bonchev–Trinajstić information content (AvgIpc) is 3.39. The Balaban J connectivity index is 1.15. The fourth-order valence-electron chi connectivity index (χ4n) is 4.23. The normalized spacial score (nSPS) is 14.8. The number of carbonyl (C=O) groups excluding carboxylic acids is 2. The lowest BCUT2D eigenvalue weighted by Gasteiger charge is -2.37. The number of anilines is 1. The predicted octanol–water partition coefficient (Wildman–Crippen LogP) is 2.96. The van der Waals surface area contributed by atoms with Crippen LogP contribution >= 0.6 is 0 Å². The van der Waals surface area contributed by atoms with Crippen molar-refractivity contribution < 1.29 is 33.5 Å². The van der Waals surface area contributed by atoms with E-state index in [1.54, 1.807) is 0 Å². The third kappa shape index (κ3) is 4.23. The van der Waals surface area contributed by atoms with E-state index in [2.05, 4.69) is 22.6 Å². The summed E-state index contributed by atoms with van der Waals surface area (Å²) in [4.78, 5) is 36.8. The quantitative estimate of drug-likeness (QED) is 0.547. The third-order valence-electron chi connectivity index (χ3n) is 5.88. The summed E-state index contributed by atoms with van der Waals surface area (Å²) in [6.45, 7) is 0.248. The molecule has 2 heterocycles. The second-order valence-corrected chi connectivity index (χ2v) is 8.06. The molecule has 2 amide bonds. The van der Waals surface area contributed by atoms with Gasteiger partial charge in [0.15, 0.2) is 5.69 Å². The van der Waals surface area contributed by atoms with Crippen molar-refractivity contribution in [3.8, 4) is 11.1 Å². The number of likely N-dealkylation sites (tertiary alicyclic amines) is 1. The summed E-state index contributed by atoms with van der Waals surface area (Å²) in [6, 6.07) is 17.4. The molecule has 1 aromatic heterocycles. The molecule has 0 spiro atoms. The molecule has 10 heteroatoms. The van der Waals surface area contributed by atoms with Gasteiger partial charge >= 0.3 is 12.1 Å². The highest BCUT2D eigenvalue weighted by atomic mass is 16.6. The summed E-state index contributed by atoms with van der Waals surface area (Å²) in [5, 5.41) is 14.8. The van der Waals surface area contributed by atoms with Gasteiger partial charge in [-0.1, -0.05) is 53.7 Å². The molecule has 1 aliphatic carbocycles. The highest BCUT2D eigenvalue weighted by molar-refractivity contribution is 5.94. The summed E-state index contributed by atoms with van der Waals surface area (Å²) in [5.41, 5.74) is 4.48. The van der Waals surface area contributed by atoms with E-state index in [9.17, 15) is 14.4 Å². The number of hydrogen-bond donors (Lipinski definition) is 2. The second kappa shape index (κ2) is 8.99. The second-order valence-electron chi connectivity index (χ2n) is 8.06. The van der Waals surface area contributed by atoms with Gasteiger partial charge in [-0.2, -0.15) is 0 Å². The molecule has 0 radical (unpaired) electrons. The number of amides is 2. The zero-order chi connectivity index (χ0) is 23.7. The number of aliphatic carboxylic acids is 1. The van der Waals surface area contributed by atoms with Gasteiger partial charge in [-0.15, -0.1) is 0 Å². The first kappa shape index (κ1) is 21.7. The van der Waals surface area contributed by atoms with E-state index in [1.807, 2.05) is 36.4 Å². The maximum absolute atomic E-state index is 12.4. The van der Waals surface area contributed by atoms with Crippen LogP contribution < -0.4 is 5.32 Å². The van der Waals surface area contributed by atoms with E-state index in [1.165, 1.54) is 11.0 Å². The van der Waals surface area contributed by atoms with Crippen molar-refractivity contribution in [2.75, 3.05) is 31.6 Å². The van der Waals surface area contributed by atoms with Crippen molar-refractivity contribution in [1.29, 1.82) is 0 Å². The lowest BCUT2D eigenvalue weighted by molar-refractivity contribution is -0.147. The van der Waals surface area contributed by atoms with Crippen LogP contribution in [0.2, 0.25) is 0 Å². The van der Waals surface area contributed by atoms with Crippen LogP contribution in [0.25, 0.3) is 11.1 Å². The first-order valence-corrected chi connectivity index (χ1v) is 10.7. The number of carbonyl (C=O) groups is 3. The molecule has 1 saturated heterocycles. The monoisotopic (exact) mass is 463 g/mol. The Morgan fingerprint density at radius 1 is 1.06 bits per heavy atom. The summed E-state index contributed by atoms with van der Waals surface area (Å²) in [5.74, 6) is -1.56. The molecule has 5 rings (SSSR count). The number of hydrogen-bond acceptors (Lipinski definition) is 7. The molecule has 0 atom stereocenters. The zero-order valence-electron chi connectivity index (χ0n) is 18.0. The molecule has 10 nitrogen and oxygen atoms in total. The Morgan fingerprint density at radius 3 is 2.35 bits per heavy atom. The number of carboxylic acid groups (broad SMARTS) is 1. The van der Waals surface area contributed by atoms with Crippen LogP contribution in [-0.4, -0.2) is 65.5 Å². The maximum atomic E-state index is 12.4. The van der Waals surface area contributed by atoms with Gasteiger partial charge in [0.25, 0.3) is 5.91 Å². The fraction of sp³-hybridized carbons (Fsp3) is 0.250. The number of nitrogens with one attached hydrogen (secondary N) is 1. The van der Waals surface area contributed by atoms with E-state index < -0.39 is 24.6 Å². The lowest BCUT2D eigenvalue weighted by atomic mass is 9.98. The van der Waals surface area contributed by atoms with Crippen LogP contribution in [0.3, 0.4) is 0 Å². The number of nitrogens with zero attached hydrogens (tertiary/aromatic N) is 2. The van der Waals surface area contributed by atoms with Gasteiger partial charge in [0.2, 0.25) is 5.88 Å². The smallest absolute Gasteiger partial charge is 0.414 e. The predicted molar refractivity (Wildman–Crippen MR) is 118 cm³/mol. The van der Waals surface area contributed by atoms with Gasteiger partial charge < -0.3 is 24.0 Å². The highest BCUT2D eigenvalue weighted by Crippen LogP contribution is 2.44. The van der Waals surface area contributed by atoms with E-state index in [0.29, 0.717) is 0 Å². The van der Waals surface area contributed by atoms with Crippen molar-refractivity contribution in [3.05, 3.63) is 71.4 Å². The largest absolute Gasteiger partial charge is 0.480 e. The summed E-state index contributed by atoms with van der Waals surface area (Å²) >= 11 is 0. The minimum absolute atomic E-state index is 0.0141. The Hall–Kier alpha value is -4.18. The SMILES string of the molecule is O=C(O)COC1CN(C(=O)c2cc(NC(=O)OCC3c4ccccc4-c4ccccc43)on2)C1. The number of carboxylic acids is 1. The van der Waals surface area contributed by atoms with Crippen molar-refractivity contribution in [2.45, 2.75) is 12.0 Å². The number of fused-ring (bicyclic) bond motifs is 3. The molecular formula is C24H21N3O7. The Morgan fingerprint density at radius 2 is 1.71 bits per heavy atom. The first-order valence-electron chi connectivity index (χ1n) is 10.7. The summed E-state index contributed by atoms with van der Waals surface area (Å²) < 4.78 is 15.6. The van der Waals surface area contributed by atoms with Gasteiger partial charge in [0, 0.05) is 25.1 Å². The summed E-state index contributed by atoms with van der Waals surface area (Å²) in [7, 11) is 0. The topological polar surface area (TPSA) is 131 Å². The van der Waals surface area contributed by atoms with E-state index in [0.717, 1.165) is 22.3 Å². The van der Waals surface area contributed by atoms with Crippen LogP contribution in [0.15, 0.2) is 59.1 Å². The van der Waals surface area contributed by atoms with Crippen LogP contribution in [0.1, 0.15) is 27.5 Å². The van der Waals surface area contributed by atoms with Crippen molar-refractivity contribution in [2.24, 2.45) is 0 Å². The molecular weight excluding hydrogens is 442 g/mol. The molecule has 174 valence electrons. The fourth-order valence-corrected chi connectivity index (χ4v) is 4.23. The molecule has 2 aliphatic rings. The van der Waals surface area contributed by atoms with Gasteiger partial charge in [0.05, 0.1) is 6.10 Å². The molecule has 2 N–H and O–H groups in total. The maximum Gasteiger partial charge on any atom is 0.414 e. The van der Waals surface area contributed by atoms with E-state index >= 15 is 0 Å². The molecule has 1 fully saturated rings. The molecule has 0 saturated carbocycles. The third-order valence-corrected chi connectivity index (χ3v) is 5.88. The van der Waals surface area contributed by atoms with Crippen LogP contribution in [0.5, 0.6) is 0 Å². The Kier molecular flexibility index (Phi) is 5.72. The van der Waals surface area contributed by atoms with Crippen LogP contribution in [-0.2, 0) is 14.3 Å². The van der Waals surface area contributed by atoms with Crippen molar-refractivity contribution >= 4 is 23.9 Å². The molecule has 0 unspecified atom stereocenters. The summed E-state index contributed by atoms with van der Waals surface area (Å²) in [6.07, 6.45) is -1.05. The van der Waals surface area contributed by atoms with Crippen molar-refractivity contribution in [1.82, 2.24) is 10.1 Å². The number of benzene rings is 2.